The number of hydrogen-bond acceptors (Lipinski definition) is 6. The molecule has 0 aromatic heterocycles. The van der Waals surface area contributed by atoms with Crippen LogP contribution < -0.4 is 16.0 Å². The first-order valence-corrected chi connectivity index (χ1v) is 11.9. The molecule has 0 unspecified atom stereocenters. The largest absolute Gasteiger partial charge is 0.444 e. The van der Waals surface area contributed by atoms with Crippen LogP contribution in [0.5, 0.6) is 0 Å². The Bertz CT molecular complexity index is 1080. The number of nitrogens with one attached hydrogen (secondary N) is 3. The fraction of sp³-hybridized carbons (Fsp3) is 0.560. The monoisotopic (exact) mass is 481 g/mol. The molecule has 4 amide bonds. The summed E-state index contributed by atoms with van der Waals surface area (Å²) in [5, 5.41) is 18.1. The fourth-order valence-electron chi connectivity index (χ4n) is 5.20. The Morgan fingerprint density at radius 2 is 1.74 bits per heavy atom. The third-order valence-corrected chi connectivity index (χ3v) is 6.87. The van der Waals surface area contributed by atoms with Gasteiger partial charge in [0.15, 0.2) is 0 Å². The van der Waals surface area contributed by atoms with Gasteiger partial charge in [0, 0.05) is 30.7 Å². The van der Waals surface area contributed by atoms with Crippen LogP contribution in [0.4, 0.5) is 10.5 Å². The maximum atomic E-state index is 13.0. The molecule has 4 rings (SSSR count). The van der Waals surface area contributed by atoms with Crippen molar-refractivity contribution in [2.45, 2.75) is 82.0 Å². The highest BCUT2D eigenvalue weighted by Crippen LogP contribution is 2.46. The van der Waals surface area contributed by atoms with Gasteiger partial charge in [-0.15, -0.1) is 0 Å². The van der Waals surface area contributed by atoms with Crippen LogP contribution >= 0.6 is 0 Å². The molecule has 10 heteroatoms. The molecule has 0 bridgehead atoms. The summed E-state index contributed by atoms with van der Waals surface area (Å²) < 4.78 is 5.29. The minimum atomic E-state index is -1.03. The first-order chi connectivity index (χ1) is 16.5. The maximum absolute atomic E-state index is 13.0. The quantitative estimate of drug-likeness (QED) is 0.552. The molecule has 1 aliphatic carbocycles. The topological polar surface area (TPSA) is 141 Å². The Morgan fingerprint density at radius 3 is 2.37 bits per heavy atom. The van der Waals surface area contributed by atoms with Crippen molar-refractivity contribution in [3.8, 4) is 6.07 Å². The highest BCUT2D eigenvalue weighted by molar-refractivity contribution is 6.35. The number of nitrogens with zero attached hydrogens (tertiary/aromatic N) is 2. The van der Waals surface area contributed by atoms with E-state index in [2.05, 4.69) is 22.0 Å². The number of alkyl carbamates (subject to hydrolysis) is 1. The summed E-state index contributed by atoms with van der Waals surface area (Å²) in [6.07, 6.45) is 2.16. The summed E-state index contributed by atoms with van der Waals surface area (Å²) in [6, 6.07) is 8.17. The molecule has 1 spiro atoms. The number of hydrogen-bond donors (Lipinski definition) is 3. The smallest absolute Gasteiger partial charge is 0.407 e. The molecule has 2 aliphatic heterocycles. The van der Waals surface area contributed by atoms with Crippen LogP contribution in [0.1, 0.15) is 58.4 Å². The van der Waals surface area contributed by atoms with Crippen LogP contribution in [0.15, 0.2) is 24.3 Å². The first-order valence-electron chi connectivity index (χ1n) is 11.9. The van der Waals surface area contributed by atoms with Crippen LogP contribution in [0.3, 0.4) is 0 Å². The predicted octanol–water partition coefficient (Wildman–Crippen LogP) is 1.95. The van der Waals surface area contributed by atoms with Crippen molar-refractivity contribution < 1.29 is 23.9 Å². The number of likely N-dealkylation sites (tertiary alicyclic amines) is 1. The zero-order chi connectivity index (χ0) is 25.4. The lowest BCUT2D eigenvalue weighted by atomic mass is 9.80. The van der Waals surface area contributed by atoms with Crippen molar-refractivity contribution in [3.63, 3.8) is 0 Å². The molecule has 2 heterocycles. The predicted molar refractivity (Wildman–Crippen MR) is 126 cm³/mol. The van der Waals surface area contributed by atoms with E-state index >= 15 is 0 Å². The molecular formula is C25H31N5O5. The number of carbonyl (C=O) groups excluding carboxylic acids is 4. The van der Waals surface area contributed by atoms with E-state index in [0.29, 0.717) is 31.4 Å². The van der Waals surface area contributed by atoms with Crippen molar-refractivity contribution in [1.29, 1.82) is 5.26 Å². The Morgan fingerprint density at radius 1 is 1.11 bits per heavy atom. The number of anilines is 1. The van der Waals surface area contributed by atoms with Gasteiger partial charge in [-0.25, -0.2) is 4.79 Å². The van der Waals surface area contributed by atoms with E-state index in [4.69, 9.17) is 4.74 Å². The van der Waals surface area contributed by atoms with Crippen molar-refractivity contribution in [1.82, 2.24) is 15.5 Å². The molecule has 3 N–H and O–H groups in total. The van der Waals surface area contributed by atoms with E-state index in [0.717, 1.165) is 5.56 Å². The van der Waals surface area contributed by atoms with Crippen molar-refractivity contribution in [2.24, 2.45) is 0 Å². The molecule has 0 radical (unpaired) electrons. The summed E-state index contributed by atoms with van der Waals surface area (Å²) in [7, 11) is 0. The molecule has 3 aliphatic rings. The van der Waals surface area contributed by atoms with Gasteiger partial charge in [0.1, 0.15) is 11.6 Å². The molecular weight excluding hydrogens is 450 g/mol. The first kappa shape index (κ1) is 24.5. The lowest BCUT2D eigenvalue weighted by Crippen LogP contribution is -2.50. The van der Waals surface area contributed by atoms with Crippen LogP contribution in [-0.2, 0) is 24.5 Å². The number of benzene rings is 1. The normalized spacial score (nSPS) is 27.5. The second-order valence-corrected chi connectivity index (χ2v) is 10.5. The second-order valence-electron chi connectivity index (χ2n) is 10.5. The van der Waals surface area contributed by atoms with E-state index in [1.807, 2.05) is 18.2 Å². The average Bonchev–Trinajstić information content (AvgIpc) is 3.32. The molecule has 35 heavy (non-hydrogen) atoms. The van der Waals surface area contributed by atoms with Crippen molar-refractivity contribution in [3.05, 3.63) is 29.8 Å². The van der Waals surface area contributed by atoms with Gasteiger partial charge in [-0.05, 0) is 58.1 Å². The van der Waals surface area contributed by atoms with Gasteiger partial charge in [-0.1, -0.05) is 18.2 Å². The molecule has 1 saturated heterocycles. The molecule has 1 saturated carbocycles. The lowest BCUT2D eigenvalue weighted by Gasteiger charge is -2.31. The zero-order valence-electron chi connectivity index (χ0n) is 20.2. The van der Waals surface area contributed by atoms with Gasteiger partial charge in [0.25, 0.3) is 0 Å². The van der Waals surface area contributed by atoms with Crippen molar-refractivity contribution >= 4 is 29.5 Å². The van der Waals surface area contributed by atoms with Crippen molar-refractivity contribution in [2.75, 3.05) is 11.9 Å². The van der Waals surface area contributed by atoms with E-state index in [-0.39, 0.29) is 31.0 Å². The second kappa shape index (κ2) is 9.21. The highest BCUT2D eigenvalue weighted by atomic mass is 16.6. The van der Waals surface area contributed by atoms with E-state index < -0.39 is 35.0 Å². The number of fused-ring (bicyclic) bond motifs is 2. The van der Waals surface area contributed by atoms with Crippen LogP contribution in [0.2, 0.25) is 0 Å². The molecule has 2 fully saturated rings. The highest BCUT2D eigenvalue weighted by Gasteiger charge is 2.56. The van der Waals surface area contributed by atoms with E-state index in [9.17, 15) is 24.4 Å². The summed E-state index contributed by atoms with van der Waals surface area (Å²) in [5.74, 6) is -1.84. The van der Waals surface area contributed by atoms with Gasteiger partial charge in [-0.2, -0.15) is 5.26 Å². The maximum Gasteiger partial charge on any atom is 0.407 e. The number of amides is 4. The van der Waals surface area contributed by atoms with E-state index in [1.165, 1.54) is 4.90 Å². The Kier molecular flexibility index (Phi) is 6.45. The Hall–Kier alpha value is -3.61. The Labute approximate surface area is 204 Å². The summed E-state index contributed by atoms with van der Waals surface area (Å²) in [6.45, 7) is 5.37. The van der Waals surface area contributed by atoms with E-state index in [1.54, 1.807) is 26.8 Å². The summed E-state index contributed by atoms with van der Waals surface area (Å²) >= 11 is 0. The SMILES string of the molecule is CC(C)(C)OC(=O)N[C@H]1CC[C@@H](NC(=O)C(=O)N2C[C@]3(C[C@H]2C#N)C(=O)Nc2ccccc23)CC1. The third kappa shape index (κ3) is 4.94. The number of carbonyl (C=O) groups is 4. The lowest BCUT2D eigenvalue weighted by molar-refractivity contribution is -0.146. The third-order valence-electron chi connectivity index (χ3n) is 6.87. The number of ether oxygens (including phenoxy) is 1. The van der Waals surface area contributed by atoms with Crippen LogP contribution in [0, 0.1) is 11.3 Å². The van der Waals surface area contributed by atoms with Gasteiger partial charge in [0.05, 0.1) is 11.5 Å². The van der Waals surface area contributed by atoms with Gasteiger partial charge in [-0.3, -0.25) is 14.4 Å². The number of rotatable bonds is 2. The average molecular weight is 482 g/mol. The molecule has 2 atom stereocenters. The number of nitriles is 1. The van der Waals surface area contributed by atoms with Gasteiger partial charge < -0.3 is 25.6 Å². The molecule has 1 aromatic carbocycles. The Balaban J connectivity index is 1.34. The summed E-state index contributed by atoms with van der Waals surface area (Å²) in [4.78, 5) is 51.9. The minimum absolute atomic E-state index is 0.0210. The minimum Gasteiger partial charge on any atom is -0.444 e. The van der Waals surface area contributed by atoms with Crippen LogP contribution in [0.25, 0.3) is 0 Å². The fourth-order valence-corrected chi connectivity index (χ4v) is 5.20. The molecule has 10 nitrogen and oxygen atoms in total. The standard InChI is InChI=1S/C25H31N5O5/c1-24(2,3)35-23(34)28-16-10-8-15(9-11-16)27-20(31)21(32)30-14-25(12-17(30)13-26)18-6-4-5-7-19(18)29-22(25)33/h4-7,15-17H,8-12,14H2,1-3H3,(H,27,31)(H,28,34)(H,29,33)/t15-,16+,17-,25-/m0/s1. The van der Waals surface area contributed by atoms with Crippen LogP contribution in [-0.4, -0.2) is 59.0 Å². The number of para-hydroxylation sites is 1. The van der Waals surface area contributed by atoms with Gasteiger partial charge >= 0.3 is 17.9 Å². The molecule has 1 aromatic rings. The molecule has 186 valence electrons. The van der Waals surface area contributed by atoms with Gasteiger partial charge in [0.2, 0.25) is 5.91 Å². The summed E-state index contributed by atoms with van der Waals surface area (Å²) in [5.41, 5.74) is -0.188. The zero-order valence-corrected chi connectivity index (χ0v) is 20.2.